The van der Waals surface area contributed by atoms with Crippen LogP contribution in [0.5, 0.6) is 5.75 Å². The molecule has 0 amide bonds. The maximum atomic E-state index is 6.67. The molecular formula is C33H35NO. The maximum absolute atomic E-state index is 6.67. The molecule has 1 saturated carbocycles. The van der Waals surface area contributed by atoms with Crippen LogP contribution in [0.25, 0.3) is 21.9 Å². The van der Waals surface area contributed by atoms with Crippen LogP contribution in [0.4, 0.5) is 5.69 Å². The van der Waals surface area contributed by atoms with E-state index in [1.54, 1.807) is 0 Å². The highest BCUT2D eigenvalue weighted by Gasteiger charge is 2.22. The van der Waals surface area contributed by atoms with Crippen LogP contribution in [0.1, 0.15) is 69.4 Å². The van der Waals surface area contributed by atoms with E-state index in [2.05, 4.69) is 68.4 Å². The van der Waals surface area contributed by atoms with Gasteiger partial charge in [0.05, 0.1) is 11.8 Å². The molecule has 0 bridgehead atoms. The summed E-state index contributed by atoms with van der Waals surface area (Å²) >= 11 is 0. The molecule has 0 heterocycles. The van der Waals surface area contributed by atoms with E-state index in [4.69, 9.17) is 9.73 Å². The van der Waals surface area contributed by atoms with E-state index >= 15 is 0 Å². The van der Waals surface area contributed by atoms with E-state index in [-0.39, 0.29) is 6.10 Å². The molecule has 0 saturated heterocycles. The second-order valence-electron chi connectivity index (χ2n) is 9.78. The molecule has 35 heavy (non-hydrogen) atoms. The van der Waals surface area contributed by atoms with Crippen molar-refractivity contribution < 1.29 is 4.74 Å². The van der Waals surface area contributed by atoms with Gasteiger partial charge in [-0.05, 0) is 78.3 Å². The highest BCUT2D eigenvalue weighted by atomic mass is 16.5. The number of rotatable bonds is 7. The molecule has 4 aromatic rings. The van der Waals surface area contributed by atoms with E-state index in [1.807, 2.05) is 36.5 Å². The molecule has 1 fully saturated rings. The number of aliphatic imine (C=N–C) groups is 1. The van der Waals surface area contributed by atoms with Crippen molar-refractivity contribution in [1.82, 2.24) is 0 Å². The molecule has 0 aliphatic heterocycles. The predicted octanol–water partition coefficient (Wildman–Crippen LogP) is 9.48. The van der Waals surface area contributed by atoms with Gasteiger partial charge in [0.2, 0.25) is 0 Å². The fraction of sp³-hybridized carbons (Fsp3) is 0.303. The summed E-state index contributed by atoms with van der Waals surface area (Å²) in [5.74, 6) is 1.54. The molecule has 0 radical (unpaired) electrons. The first kappa shape index (κ1) is 23.4. The first-order chi connectivity index (χ1) is 17.2. The van der Waals surface area contributed by atoms with E-state index in [0.29, 0.717) is 5.92 Å². The van der Waals surface area contributed by atoms with E-state index in [9.17, 15) is 0 Å². The number of para-hydroxylation sites is 1. The minimum absolute atomic E-state index is 0.119. The Hall–Kier alpha value is -3.39. The quantitative estimate of drug-likeness (QED) is 0.251. The van der Waals surface area contributed by atoms with Gasteiger partial charge in [0.1, 0.15) is 5.75 Å². The average molecular weight is 462 g/mol. The summed E-state index contributed by atoms with van der Waals surface area (Å²) in [4.78, 5) is 4.85. The second kappa shape index (κ2) is 10.9. The smallest absolute Gasteiger partial charge is 0.136 e. The van der Waals surface area contributed by atoms with Crippen LogP contribution in [0.3, 0.4) is 0 Å². The van der Waals surface area contributed by atoms with Crippen molar-refractivity contribution in [2.45, 2.75) is 64.4 Å². The highest BCUT2D eigenvalue weighted by Crippen LogP contribution is 2.42. The Balaban J connectivity index is 1.73. The lowest BCUT2D eigenvalue weighted by molar-refractivity contribution is 0.218. The van der Waals surface area contributed by atoms with Crippen molar-refractivity contribution >= 4 is 22.7 Å². The number of hydrogen-bond acceptors (Lipinski definition) is 2. The van der Waals surface area contributed by atoms with Gasteiger partial charge in [0, 0.05) is 17.3 Å². The highest BCUT2D eigenvalue weighted by molar-refractivity contribution is 6.00. The molecule has 2 nitrogen and oxygen atoms in total. The Morgan fingerprint density at radius 3 is 2.40 bits per heavy atom. The van der Waals surface area contributed by atoms with Gasteiger partial charge in [-0.25, -0.2) is 0 Å². The molecule has 2 heteroatoms. The third kappa shape index (κ3) is 5.32. The van der Waals surface area contributed by atoms with Crippen LogP contribution in [0.15, 0.2) is 89.9 Å². The fourth-order valence-corrected chi connectivity index (χ4v) is 5.18. The van der Waals surface area contributed by atoms with Gasteiger partial charge in [0.25, 0.3) is 0 Å². The Kier molecular flexibility index (Phi) is 7.28. The summed E-state index contributed by atoms with van der Waals surface area (Å²) in [6, 6.07) is 30.2. The minimum Gasteiger partial charge on any atom is -0.489 e. The van der Waals surface area contributed by atoms with E-state index < -0.39 is 0 Å². The van der Waals surface area contributed by atoms with Crippen LogP contribution < -0.4 is 4.74 Å². The molecule has 1 unspecified atom stereocenters. The number of hydrogen-bond donors (Lipinski definition) is 0. The van der Waals surface area contributed by atoms with Crippen molar-refractivity contribution in [1.29, 1.82) is 0 Å². The summed E-state index contributed by atoms with van der Waals surface area (Å²) in [7, 11) is 0. The third-order valence-electron chi connectivity index (χ3n) is 7.30. The van der Waals surface area contributed by atoms with Crippen molar-refractivity contribution in [2.75, 3.05) is 0 Å². The predicted molar refractivity (Wildman–Crippen MR) is 149 cm³/mol. The molecule has 1 atom stereocenters. The summed E-state index contributed by atoms with van der Waals surface area (Å²) in [5, 5.41) is 2.51. The standard InChI is InChI=1S/C33H35NO/c1-3-24(2)35-33-28(23-34-29-17-8-5-9-18-29)21-27(25-13-6-4-7-14-25)22-32(33)31-20-12-16-26-15-10-11-19-30(26)31/h5,8-12,15-25H,3-4,6-7,13-14H2,1-2H3/b34-23+. The zero-order valence-electron chi connectivity index (χ0n) is 20.9. The average Bonchev–Trinajstić information content (AvgIpc) is 2.93. The summed E-state index contributed by atoms with van der Waals surface area (Å²) in [5.41, 5.74) is 5.85. The molecule has 1 aliphatic rings. The van der Waals surface area contributed by atoms with Crippen molar-refractivity contribution in [2.24, 2.45) is 4.99 Å². The molecule has 0 spiro atoms. The monoisotopic (exact) mass is 461 g/mol. The Morgan fingerprint density at radius 1 is 0.857 bits per heavy atom. The molecule has 4 aromatic carbocycles. The lowest BCUT2D eigenvalue weighted by Gasteiger charge is -2.26. The molecular weight excluding hydrogens is 426 g/mol. The number of ether oxygens (including phenoxy) is 1. The summed E-state index contributed by atoms with van der Waals surface area (Å²) in [6.45, 7) is 4.33. The zero-order valence-corrected chi connectivity index (χ0v) is 20.9. The van der Waals surface area contributed by atoms with Gasteiger partial charge in [0.15, 0.2) is 0 Å². The first-order valence-electron chi connectivity index (χ1n) is 13.1. The normalized spacial score (nSPS) is 15.5. The SMILES string of the molecule is CCC(C)Oc1c(/C=N/c2ccccc2)cc(C2CCCCC2)cc1-c1cccc2ccccc12. The third-order valence-corrected chi connectivity index (χ3v) is 7.30. The van der Waals surface area contributed by atoms with Crippen molar-refractivity contribution in [3.8, 4) is 16.9 Å². The van der Waals surface area contributed by atoms with Crippen LogP contribution in [-0.2, 0) is 0 Å². The number of benzene rings is 4. The van der Waals surface area contributed by atoms with Crippen molar-refractivity contribution in [3.05, 3.63) is 96.1 Å². The minimum atomic E-state index is 0.119. The molecule has 0 N–H and O–H groups in total. The maximum Gasteiger partial charge on any atom is 0.136 e. The molecule has 1 aliphatic carbocycles. The van der Waals surface area contributed by atoms with Crippen LogP contribution in [0, 0.1) is 0 Å². The fourth-order valence-electron chi connectivity index (χ4n) is 5.18. The van der Waals surface area contributed by atoms with Gasteiger partial charge < -0.3 is 4.74 Å². The number of fused-ring (bicyclic) bond motifs is 1. The molecule has 178 valence electrons. The van der Waals surface area contributed by atoms with Crippen LogP contribution in [0.2, 0.25) is 0 Å². The van der Waals surface area contributed by atoms with Crippen LogP contribution in [-0.4, -0.2) is 12.3 Å². The van der Waals surface area contributed by atoms with E-state index in [1.165, 1.54) is 59.6 Å². The summed E-state index contributed by atoms with van der Waals surface area (Å²) in [6.07, 6.45) is 9.58. The molecule has 5 rings (SSSR count). The van der Waals surface area contributed by atoms with Crippen LogP contribution >= 0.6 is 0 Å². The van der Waals surface area contributed by atoms with Gasteiger partial charge in [-0.2, -0.15) is 0 Å². The van der Waals surface area contributed by atoms with Gasteiger partial charge in [-0.3, -0.25) is 4.99 Å². The Bertz CT molecular complexity index is 1300. The van der Waals surface area contributed by atoms with E-state index in [0.717, 1.165) is 23.4 Å². The topological polar surface area (TPSA) is 21.6 Å². The second-order valence-corrected chi connectivity index (χ2v) is 9.78. The molecule has 0 aromatic heterocycles. The largest absolute Gasteiger partial charge is 0.489 e. The van der Waals surface area contributed by atoms with Gasteiger partial charge in [-0.15, -0.1) is 0 Å². The number of nitrogens with zero attached hydrogens (tertiary/aromatic N) is 1. The first-order valence-corrected chi connectivity index (χ1v) is 13.1. The Morgan fingerprint density at radius 2 is 1.60 bits per heavy atom. The van der Waals surface area contributed by atoms with Gasteiger partial charge >= 0.3 is 0 Å². The van der Waals surface area contributed by atoms with Gasteiger partial charge in [-0.1, -0.05) is 86.8 Å². The summed E-state index contributed by atoms with van der Waals surface area (Å²) < 4.78 is 6.67. The van der Waals surface area contributed by atoms with Crippen molar-refractivity contribution in [3.63, 3.8) is 0 Å². The lowest BCUT2D eigenvalue weighted by atomic mass is 9.82. The lowest BCUT2D eigenvalue weighted by Crippen LogP contribution is -2.13. The zero-order chi connectivity index (χ0) is 24.0. The Labute approximate surface area is 209 Å².